The highest BCUT2D eigenvalue weighted by Crippen LogP contribution is 2.23. The summed E-state index contributed by atoms with van der Waals surface area (Å²) >= 11 is 3.41. The van der Waals surface area contributed by atoms with E-state index in [-0.39, 0.29) is 24.3 Å². The van der Waals surface area contributed by atoms with E-state index in [0.717, 1.165) is 22.1 Å². The molecule has 3 rings (SSSR count). The lowest BCUT2D eigenvalue weighted by molar-refractivity contribution is -0.116. The summed E-state index contributed by atoms with van der Waals surface area (Å²) in [6, 6.07) is 24.9. The first kappa shape index (κ1) is 22.8. The van der Waals surface area contributed by atoms with E-state index in [0.29, 0.717) is 12.1 Å². The number of nitrogens with zero attached hydrogens (tertiary/aromatic N) is 1. The van der Waals surface area contributed by atoms with E-state index in [1.54, 1.807) is 17.0 Å². The molecule has 0 heterocycles. The molecule has 0 saturated heterocycles. The van der Waals surface area contributed by atoms with Gasteiger partial charge in [0.15, 0.2) is 0 Å². The smallest absolute Gasteiger partial charge is 0.254 e. The van der Waals surface area contributed by atoms with Crippen LogP contribution in [0.3, 0.4) is 0 Å². The van der Waals surface area contributed by atoms with Gasteiger partial charge in [0.2, 0.25) is 5.91 Å². The van der Waals surface area contributed by atoms with Gasteiger partial charge in [0, 0.05) is 28.7 Å². The Morgan fingerprint density at radius 3 is 2.19 bits per heavy atom. The zero-order valence-electron chi connectivity index (χ0n) is 17.8. The molecular formula is C26H27BrN2O2. The van der Waals surface area contributed by atoms with Crippen LogP contribution in [0.4, 0.5) is 5.69 Å². The van der Waals surface area contributed by atoms with Crippen LogP contribution in [0, 0.1) is 0 Å². The fraction of sp³-hybridized carbons (Fsp3) is 0.231. The molecule has 0 aliphatic heterocycles. The summed E-state index contributed by atoms with van der Waals surface area (Å²) in [5, 5.41) is 2.93. The third kappa shape index (κ3) is 6.28. The number of halogens is 1. The van der Waals surface area contributed by atoms with Crippen LogP contribution >= 0.6 is 15.9 Å². The van der Waals surface area contributed by atoms with E-state index in [1.165, 1.54) is 5.56 Å². The Labute approximate surface area is 192 Å². The number of nitrogens with one attached hydrogen (secondary N) is 1. The zero-order valence-corrected chi connectivity index (χ0v) is 19.4. The molecule has 4 nitrogen and oxygen atoms in total. The summed E-state index contributed by atoms with van der Waals surface area (Å²) in [6.45, 7) is 4.41. The number of anilines is 1. The topological polar surface area (TPSA) is 49.4 Å². The Balaban J connectivity index is 1.73. The van der Waals surface area contributed by atoms with E-state index in [4.69, 9.17) is 0 Å². The molecule has 3 aromatic rings. The fourth-order valence-corrected chi connectivity index (χ4v) is 3.67. The van der Waals surface area contributed by atoms with Crippen molar-refractivity contribution in [1.82, 2.24) is 4.90 Å². The Morgan fingerprint density at radius 1 is 0.935 bits per heavy atom. The van der Waals surface area contributed by atoms with Gasteiger partial charge in [-0.05, 0) is 60.9 Å². The van der Waals surface area contributed by atoms with Crippen molar-refractivity contribution in [3.63, 3.8) is 0 Å². The first-order chi connectivity index (χ1) is 15.0. The van der Waals surface area contributed by atoms with Crippen molar-refractivity contribution in [1.29, 1.82) is 0 Å². The second-order valence-corrected chi connectivity index (χ2v) is 8.36. The van der Waals surface area contributed by atoms with Crippen LogP contribution in [0.25, 0.3) is 0 Å². The van der Waals surface area contributed by atoms with E-state index >= 15 is 0 Å². The predicted octanol–water partition coefficient (Wildman–Crippen LogP) is 6.24. The van der Waals surface area contributed by atoms with Gasteiger partial charge < -0.3 is 10.2 Å². The molecule has 1 atom stereocenters. The van der Waals surface area contributed by atoms with Gasteiger partial charge in [0.25, 0.3) is 5.91 Å². The zero-order chi connectivity index (χ0) is 22.2. The lowest BCUT2D eigenvalue weighted by Crippen LogP contribution is -2.36. The lowest BCUT2D eigenvalue weighted by Gasteiger charge is -2.30. The lowest BCUT2D eigenvalue weighted by atomic mass is 10.0. The molecule has 1 unspecified atom stereocenters. The minimum Gasteiger partial charge on any atom is -0.331 e. The maximum atomic E-state index is 13.3. The minimum absolute atomic E-state index is 0.0936. The second-order valence-electron chi connectivity index (χ2n) is 7.44. The minimum atomic E-state index is -0.158. The Morgan fingerprint density at radius 2 is 1.58 bits per heavy atom. The average molecular weight is 479 g/mol. The number of rotatable bonds is 8. The van der Waals surface area contributed by atoms with Gasteiger partial charge >= 0.3 is 0 Å². The molecule has 0 aromatic heterocycles. The van der Waals surface area contributed by atoms with Crippen molar-refractivity contribution >= 4 is 33.4 Å². The van der Waals surface area contributed by atoms with Crippen molar-refractivity contribution in [2.24, 2.45) is 0 Å². The second kappa shape index (κ2) is 10.9. The van der Waals surface area contributed by atoms with Gasteiger partial charge in [-0.25, -0.2) is 0 Å². The van der Waals surface area contributed by atoms with Crippen molar-refractivity contribution in [3.8, 4) is 0 Å². The van der Waals surface area contributed by atoms with E-state index < -0.39 is 0 Å². The standard InChI is InChI=1S/C26H27BrN2O2/c1-3-20-9-15-24(16-10-20)28-25(30)17-18-29(19(2)21-7-5-4-6-8-21)26(31)22-11-13-23(27)14-12-22/h4-16,19H,3,17-18H2,1-2H3,(H,28,30). The van der Waals surface area contributed by atoms with Gasteiger partial charge in [-0.15, -0.1) is 0 Å². The number of hydrogen-bond donors (Lipinski definition) is 1. The van der Waals surface area contributed by atoms with Gasteiger partial charge in [0.05, 0.1) is 6.04 Å². The van der Waals surface area contributed by atoms with Crippen LogP contribution in [-0.4, -0.2) is 23.3 Å². The molecule has 3 aromatic carbocycles. The first-order valence-corrected chi connectivity index (χ1v) is 11.3. The number of amides is 2. The van der Waals surface area contributed by atoms with Crippen molar-refractivity contribution in [2.45, 2.75) is 32.7 Å². The highest BCUT2D eigenvalue weighted by molar-refractivity contribution is 9.10. The van der Waals surface area contributed by atoms with Crippen molar-refractivity contribution in [2.75, 3.05) is 11.9 Å². The van der Waals surface area contributed by atoms with Gasteiger partial charge in [-0.3, -0.25) is 9.59 Å². The molecular weight excluding hydrogens is 452 g/mol. The number of aryl methyl sites for hydroxylation is 1. The third-order valence-electron chi connectivity index (χ3n) is 5.33. The number of carbonyl (C=O) groups is 2. The molecule has 0 aliphatic carbocycles. The number of carbonyl (C=O) groups excluding carboxylic acids is 2. The monoisotopic (exact) mass is 478 g/mol. The predicted molar refractivity (Wildman–Crippen MR) is 129 cm³/mol. The van der Waals surface area contributed by atoms with E-state index in [1.807, 2.05) is 73.7 Å². The van der Waals surface area contributed by atoms with Crippen LogP contribution in [0.15, 0.2) is 83.3 Å². The summed E-state index contributed by atoms with van der Waals surface area (Å²) in [6.07, 6.45) is 1.17. The van der Waals surface area contributed by atoms with Gasteiger partial charge in [0.1, 0.15) is 0 Å². The third-order valence-corrected chi connectivity index (χ3v) is 5.86. The fourth-order valence-electron chi connectivity index (χ4n) is 3.41. The maximum absolute atomic E-state index is 13.3. The SMILES string of the molecule is CCc1ccc(NC(=O)CCN(C(=O)c2ccc(Br)cc2)C(C)c2ccccc2)cc1. The Kier molecular flexibility index (Phi) is 8.01. The van der Waals surface area contributed by atoms with Gasteiger partial charge in [-0.2, -0.15) is 0 Å². The largest absolute Gasteiger partial charge is 0.331 e. The van der Waals surface area contributed by atoms with Crippen LogP contribution in [0.2, 0.25) is 0 Å². The number of benzene rings is 3. The Bertz CT molecular complexity index is 1000. The average Bonchev–Trinajstić information content (AvgIpc) is 2.80. The molecule has 2 amide bonds. The highest BCUT2D eigenvalue weighted by Gasteiger charge is 2.23. The van der Waals surface area contributed by atoms with E-state index in [9.17, 15) is 9.59 Å². The molecule has 0 aliphatic rings. The molecule has 0 bridgehead atoms. The molecule has 5 heteroatoms. The first-order valence-electron chi connectivity index (χ1n) is 10.5. The van der Waals surface area contributed by atoms with E-state index in [2.05, 4.69) is 28.2 Å². The van der Waals surface area contributed by atoms with Crippen LogP contribution < -0.4 is 5.32 Å². The summed E-state index contributed by atoms with van der Waals surface area (Å²) in [4.78, 5) is 27.6. The molecule has 31 heavy (non-hydrogen) atoms. The molecule has 160 valence electrons. The molecule has 0 saturated carbocycles. The summed E-state index contributed by atoms with van der Waals surface area (Å²) in [7, 11) is 0. The maximum Gasteiger partial charge on any atom is 0.254 e. The van der Waals surface area contributed by atoms with Gasteiger partial charge in [-0.1, -0.05) is 65.3 Å². The summed E-state index contributed by atoms with van der Waals surface area (Å²) in [5.41, 5.74) is 3.62. The number of hydrogen-bond acceptors (Lipinski definition) is 2. The molecule has 0 fully saturated rings. The van der Waals surface area contributed by atoms with Crippen molar-refractivity contribution < 1.29 is 9.59 Å². The molecule has 1 N–H and O–H groups in total. The van der Waals surface area contributed by atoms with Crippen LogP contribution in [0.5, 0.6) is 0 Å². The summed E-state index contributed by atoms with van der Waals surface area (Å²) < 4.78 is 0.917. The summed E-state index contributed by atoms with van der Waals surface area (Å²) in [5.74, 6) is -0.206. The van der Waals surface area contributed by atoms with Crippen molar-refractivity contribution in [3.05, 3.63) is 100 Å². The van der Waals surface area contributed by atoms with Crippen LogP contribution in [-0.2, 0) is 11.2 Å². The highest BCUT2D eigenvalue weighted by atomic mass is 79.9. The normalized spacial score (nSPS) is 11.6. The van der Waals surface area contributed by atoms with Crippen LogP contribution in [0.1, 0.15) is 47.8 Å². The quantitative estimate of drug-likeness (QED) is 0.416. The molecule has 0 radical (unpaired) electrons. The molecule has 0 spiro atoms. The Hall–Kier alpha value is -2.92.